The molecule has 0 aliphatic rings. The van der Waals surface area contributed by atoms with E-state index in [2.05, 4.69) is 26.1 Å². The Morgan fingerprint density at radius 2 is 1.91 bits per heavy atom. The van der Waals surface area contributed by atoms with Gasteiger partial charge in [-0.2, -0.15) is 0 Å². The Bertz CT molecular complexity index is 776. The molecule has 0 saturated heterocycles. The van der Waals surface area contributed by atoms with E-state index in [4.69, 9.17) is 4.42 Å². The van der Waals surface area contributed by atoms with Crippen LogP contribution in [0.1, 0.15) is 17.7 Å². The van der Waals surface area contributed by atoms with Gasteiger partial charge < -0.3 is 4.42 Å². The second kappa shape index (κ2) is 6.62. The maximum atomic E-state index is 12.9. The Kier molecular flexibility index (Phi) is 4.59. The second-order valence-corrected chi connectivity index (χ2v) is 6.90. The van der Waals surface area contributed by atoms with Gasteiger partial charge in [0.25, 0.3) is 5.22 Å². The van der Waals surface area contributed by atoms with Crippen molar-refractivity contribution in [1.29, 1.82) is 0 Å². The van der Waals surface area contributed by atoms with Gasteiger partial charge in [0, 0.05) is 15.3 Å². The third-order valence-corrected chi connectivity index (χ3v) is 4.58. The van der Waals surface area contributed by atoms with Crippen molar-refractivity contribution in [3.05, 3.63) is 64.4 Å². The van der Waals surface area contributed by atoms with Crippen LogP contribution in [0.5, 0.6) is 0 Å². The normalized spacial score (nSPS) is 12.3. The third-order valence-electron chi connectivity index (χ3n) is 3.10. The molecular weight excluding hydrogens is 367 g/mol. The lowest BCUT2D eigenvalue weighted by Gasteiger charge is -2.08. The quantitative estimate of drug-likeness (QED) is 0.562. The lowest BCUT2D eigenvalue weighted by molar-refractivity contribution is 0.465. The summed E-state index contributed by atoms with van der Waals surface area (Å²) in [4.78, 5) is 0. The van der Waals surface area contributed by atoms with Gasteiger partial charge in [-0.15, -0.1) is 10.2 Å². The molecule has 0 radical (unpaired) electrons. The number of hydrogen-bond donors (Lipinski definition) is 0. The number of hydrogen-bond acceptors (Lipinski definition) is 4. The summed E-state index contributed by atoms with van der Waals surface area (Å²) in [5.41, 5.74) is 1.87. The Morgan fingerprint density at radius 1 is 1.14 bits per heavy atom. The smallest absolute Gasteiger partial charge is 0.277 e. The van der Waals surface area contributed by atoms with E-state index in [-0.39, 0.29) is 11.1 Å². The lowest BCUT2D eigenvalue weighted by Crippen LogP contribution is -1.88. The molecule has 3 nitrogen and oxygen atoms in total. The summed E-state index contributed by atoms with van der Waals surface area (Å²) in [5, 5.41) is 8.72. The Morgan fingerprint density at radius 3 is 2.64 bits per heavy atom. The number of rotatable bonds is 4. The molecule has 3 rings (SSSR count). The fourth-order valence-corrected chi connectivity index (χ4v) is 3.16. The van der Waals surface area contributed by atoms with Crippen LogP contribution in [0.3, 0.4) is 0 Å². The van der Waals surface area contributed by atoms with E-state index >= 15 is 0 Å². The van der Waals surface area contributed by atoms with Crippen LogP contribution in [0.4, 0.5) is 4.39 Å². The van der Waals surface area contributed by atoms with Crippen LogP contribution in [0, 0.1) is 5.82 Å². The van der Waals surface area contributed by atoms with Crippen molar-refractivity contribution in [2.75, 3.05) is 0 Å². The van der Waals surface area contributed by atoms with Gasteiger partial charge in [-0.05, 0) is 42.8 Å². The highest BCUT2D eigenvalue weighted by Crippen LogP contribution is 2.35. The molecule has 0 N–H and O–H groups in total. The summed E-state index contributed by atoms with van der Waals surface area (Å²) in [6, 6.07) is 14.1. The van der Waals surface area contributed by atoms with Gasteiger partial charge in [0.1, 0.15) is 5.82 Å². The molecule has 1 heterocycles. The molecule has 3 aromatic rings. The average Bonchev–Trinajstić information content (AvgIpc) is 2.96. The molecule has 0 spiro atoms. The first-order chi connectivity index (χ1) is 10.6. The predicted octanol–water partition coefficient (Wildman–Crippen LogP) is 5.49. The maximum absolute atomic E-state index is 12.9. The van der Waals surface area contributed by atoms with E-state index in [1.54, 1.807) is 12.1 Å². The van der Waals surface area contributed by atoms with E-state index in [9.17, 15) is 4.39 Å². The van der Waals surface area contributed by atoms with Crippen LogP contribution in [0.2, 0.25) is 0 Å². The minimum Gasteiger partial charge on any atom is -0.411 e. The van der Waals surface area contributed by atoms with Crippen LogP contribution >= 0.6 is 27.7 Å². The van der Waals surface area contributed by atoms with Crippen molar-refractivity contribution >= 4 is 27.7 Å². The summed E-state index contributed by atoms with van der Waals surface area (Å²) in [6.45, 7) is 2.01. The zero-order chi connectivity index (χ0) is 15.5. The fourth-order valence-electron chi connectivity index (χ4n) is 1.95. The molecule has 6 heteroatoms. The highest BCUT2D eigenvalue weighted by molar-refractivity contribution is 9.10. The van der Waals surface area contributed by atoms with Gasteiger partial charge in [0.15, 0.2) is 0 Å². The molecule has 1 aromatic heterocycles. The molecule has 0 saturated carbocycles. The number of aromatic nitrogens is 2. The fraction of sp³-hybridized carbons (Fsp3) is 0.125. The first-order valence-electron chi connectivity index (χ1n) is 6.63. The van der Waals surface area contributed by atoms with Crippen LogP contribution < -0.4 is 0 Å². The Balaban J connectivity index is 1.75. The largest absolute Gasteiger partial charge is 0.411 e. The van der Waals surface area contributed by atoms with Crippen molar-refractivity contribution < 1.29 is 8.81 Å². The van der Waals surface area contributed by atoms with Gasteiger partial charge in [-0.1, -0.05) is 45.9 Å². The second-order valence-electron chi connectivity index (χ2n) is 4.70. The molecule has 0 amide bonds. The summed E-state index contributed by atoms with van der Waals surface area (Å²) in [6.07, 6.45) is 0. The minimum atomic E-state index is -0.240. The van der Waals surface area contributed by atoms with Gasteiger partial charge in [-0.25, -0.2) is 4.39 Å². The van der Waals surface area contributed by atoms with Crippen molar-refractivity contribution in [3.8, 4) is 11.5 Å². The van der Waals surface area contributed by atoms with Gasteiger partial charge in [0.05, 0.1) is 0 Å². The van der Waals surface area contributed by atoms with Crippen LogP contribution in [0.25, 0.3) is 11.5 Å². The highest BCUT2D eigenvalue weighted by atomic mass is 79.9. The van der Waals surface area contributed by atoms with Crippen LogP contribution in [0.15, 0.2) is 62.6 Å². The summed E-state index contributed by atoms with van der Waals surface area (Å²) in [5.74, 6) is 0.241. The molecule has 0 aliphatic heterocycles. The number of nitrogens with zero attached hydrogens (tertiary/aromatic N) is 2. The standard InChI is InChI=1S/C16H12BrFN2OS/c1-10(11-5-7-14(18)8-6-11)22-16-20-19-15(21-16)12-3-2-4-13(17)9-12/h2-10H,1H3/t10-/m0/s1. The summed E-state index contributed by atoms with van der Waals surface area (Å²) in [7, 11) is 0. The van der Waals surface area contributed by atoms with E-state index in [0.717, 1.165) is 15.6 Å². The monoisotopic (exact) mass is 378 g/mol. The summed E-state index contributed by atoms with van der Waals surface area (Å²) >= 11 is 4.87. The molecule has 0 bridgehead atoms. The number of thioether (sulfide) groups is 1. The lowest BCUT2D eigenvalue weighted by atomic mass is 10.2. The van der Waals surface area contributed by atoms with Gasteiger partial charge >= 0.3 is 0 Å². The van der Waals surface area contributed by atoms with Gasteiger partial charge in [-0.3, -0.25) is 0 Å². The molecule has 22 heavy (non-hydrogen) atoms. The molecule has 2 aromatic carbocycles. The van der Waals surface area contributed by atoms with Crippen LogP contribution in [-0.2, 0) is 0 Å². The first-order valence-corrected chi connectivity index (χ1v) is 8.30. The van der Waals surface area contributed by atoms with Crippen LogP contribution in [-0.4, -0.2) is 10.2 Å². The van der Waals surface area contributed by atoms with Crippen molar-refractivity contribution in [2.24, 2.45) is 0 Å². The zero-order valence-corrected chi connectivity index (χ0v) is 14.1. The molecule has 112 valence electrons. The summed E-state index contributed by atoms with van der Waals surface area (Å²) < 4.78 is 19.6. The highest BCUT2D eigenvalue weighted by Gasteiger charge is 2.14. The zero-order valence-electron chi connectivity index (χ0n) is 11.7. The number of halogens is 2. The molecule has 0 aliphatic carbocycles. The minimum absolute atomic E-state index is 0.0939. The average molecular weight is 379 g/mol. The maximum Gasteiger partial charge on any atom is 0.277 e. The van der Waals surface area contributed by atoms with E-state index < -0.39 is 0 Å². The Labute approximate surface area is 140 Å². The topological polar surface area (TPSA) is 38.9 Å². The van der Waals surface area contributed by atoms with E-state index in [0.29, 0.717) is 11.1 Å². The van der Waals surface area contributed by atoms with Crippen molar-refractivity contribution in [2.45, 2.75) is 17.4 Å². The van der Waals surface area contributed by atoms with Crippen molar-refractivity contribution in [1.82, 2.24) is 10.2 Å². The SMILES string of the molecule is C[C@H](Sc1nnc(-c2cccc(Br)c2)o1)c1ccc(F)cc1. The molecule has 0 unspecified atom stereocenters. The first kappa shape index (κ1) is 15.2. The Hall–Kier alpha value is -1.66. The third kappa shape index (κ3) is 3.56. The molecule has 0 fully saturated rings. The number of benzene rings is 2. The van der Waals surface area contributed by atoms with Gasteiger partial charge in [0.2, 0.25) is 5.89 Å². The molecular formula is C16H12BrFN2OS. The van der Waals surface area contributed by atoms with E-state index in [1.165, 1.54) is 23.9 Å². The van der Waals surface area contributed by atoms with E-state index in [1.807, 2.05) is 31.2 Å². The molecule has 1 atom stereocenters. The predicted molar refractivity (Wildman–Crippen MR) is 88.1 cm³/mol. The van der Waals surface area contributed by atoms with Crippen molar-refractivity contribution in [3.63, 3.8) is 0 Å².